The molecule has 1 aliphatic heterocycles. The smallest absolute Gasteiger partial charge is 0.251 e. The van der Waals surface area contributed by atoms with Crippen LogP contribution in [-0.4, -0.2) is 42.9 Å². The normalized spacial score (nSPS) is 15.4. The van der Waals surface area contributed by atoms with E-state index in [0.717, 1.165) is 24.0 Å². The molecule has 0 aromatic heterocycles. The van der Waals surface area contributed by atoms with E-state index < -0.39 is 0 Å². The van der Waals surface area contributed by atoms with Gasteiger partial charge in [-0.1, -0.05) is 28.8 Å². The third kappa shape index (κ3) is 7.38. The molecule has 0 unspecified atom stereocenters. The maximum atomic E-state index is 11.9. The van der Waals surface area contributed by atoms with Crippen molar-refractivity contribution in [3.8, 4) is 0 Å². The van der Waals surface area contributed by atoms with E-state index in [1.807, 2.05) is 12.1 Å². The molecule has 0 saturated carbocycles. The minimum Gasteiger partial charge on any atom is -0.370 e. The van der Waals surface area contributed by atoms with Crippen molar-refractivity contribution >= 4 is 51.8 Å². The number of aliphatic imine (C=N–C) groups is 1. The van der Waals surface area contributed by atoms with Crippen LogP contribution in [0.4, 0.5) is 0 Å². The predicted molar refractivity (Wildman–Crippen MR) is 113 cm³/mol. The molecule has 134 valence electrons. The van der Waals surface area contributed by atoms with Gasteiger partial charge >= 0.3 is 0 Å². The van der Waals surface area contributed by atoms with Gasteiger partial charge in [0, 0.05) is 36.2 Å². The second-order valence-electron chi connectivity index (χ2n) is 5.76. The van der Waals surface area contributed by atoms with Gasteiger partial charge in [0.05, 0.1) is 0 Å². The molecule has 3 N–H and O–H groups in total. The molecule has 24 heavy (non-hydrogen) atoms. The molecule has 0 radical (unpaired) electrons. The molecule has 7 heteroatoms. The van der Waals surface area contributed by atoms with Gasteiger partial charge in [-0.3, -0.25) is 9.79 Å². The molecule has 1 aromatic rings. The molecule has 0 atom stereocenters. The third-order valence-electron chi connectivity index (χ3n) is 3.93. The van der Waals surface area contributed by atoms with Crippen LogP contribution >= 0.6 is 39.9 Å². The van der Waals surface area contributed by atoms with Crippen molar-refractivity contribution in [3.05, 3.63) is 34.3 Å². The number of benzene rings is 1. The molecule has 0 spiro atoms. The highest BCUT2D eigenvalue weighted by atomic mass is 127. The van der Waals surface area contributed by atoms with E-state index in [9.17, 15) is 4.79 Å². The number of carbonyl (C=O) groups is 1. The molecule has 5 nitrogen and oxygen atoms in total. The number of carbonyl (C=O) groups excluding carboxylic acids is 1. The topological polar surface area (TPSA) is 70.7 Å². The lowest BCUT2D eigenvalue weighted by molar-refractivity contribution is 0.0953. The number of nitrogens with one attached hydrogen (secondary N) is 1. The van der Waals surface area contributed by atoms with Crippen LogP contribution in [0.25, 0.3) is 0 Å². The molecular weight excluding hydrogens is 483 g/mol. The largest absolute Gasteiger partial charge is 0.370 e. The fourth-order valence-electron chi connectivity index (χ4n) is 2.58. The zero-order valence-corrected chi connectivity index (χ0v) is 17.8. The summed E-state index contributed by atoms with van der Waals surface area (Å²) >= 11 is 3.36. The first kappa shape index (κ1) is 21.2. The third-order valence-corrected chi connectivity index (χ3v) is 4.46. The Hall–Kier alpha value is -0.830. The summed E-state index contributed by atoms with van der Waals surface area (Å²) in [5.74, 6) is 0.591. The fraction of sp³-hybridized carbons (Fsp3) is 0.529. The maximum absolute atomic E-state index is 11.9. The Bertz CT molecular complexity index is 528. The Labute approximate surface area is 169 Å². The zero-order chi connectivity index (χ0) is 16.5. The van der Waals surface area contributed by atoms with Crippen molar-refractivity contribution in [2.75, 3.05) is 26.2 Å². The van der Waals surface area contributed by atoms with E-state index in [1.165, 1.54) is 25.7 Å². The summed E-state index contributed by atoms with van der Waals surface area (Å²) in [4.78, 5) is 18.6. The second-order valence-corrected chi connectivity index (χ2v) is 6.67. The highest BCUT2D eigenvalue weighted by Gasteiger charge is 2.10. The SMILES string of the molecule is I.NC(=NCCCNC(=O)c1ccc(Br)cc1)N1CCCCCC1. The number of nitrogens with two attached hydrogens (primary N) is 1. The Morgan fingerprint density at radius 2 is 1.79 bits per heavy atom. The van der Waals surface area contributed by atoms with Crippen LogP contribution in [0, 0.1) is 0 Å². The van der Waals surface area contributed by atoms with Crippen LogP contribution in [0.5, 0.6) is 0 Å². The fourth-order valence-corrected chi connectivity index (χ4v) is 2.84. The van der Waals surface area contributed by atoms with Gasteiger partial charge in [-0.25, -0.2) is 0 Å². The first-order valence-electron chi connectivity index (χ1n) is 8.25. The number of amides is 1. The van der Waals surface area contributed by atoms with Gasteiger partial charge in [0.2, 0.25) is 0 Å². The van der Waals surface area contributed by atoms with Crippen molar-refractivity contribution in [2.24, 2.45) is 10.7 Å². The number of rotatable bonds is 5. The lowest BCUT2D eigenvalue weighted by Crippen LogP contribution is -2.38. The number of hydrogen-bond acceptors (Lipinski definition) is 2. The monoisotopic (exact) mass is 508 g/mol. The highest BCUT2D eigenvalue weighted by Crippen LogP contribution is 2.10. The van der Waals surface area contributed by atoms with Gasteiger partial charge in [0.1, 0.15) is 0 Å². The van der Waals surface area contributed by atoms with Gasteiger partial charge in [0.15, 0.2) is 5.96 Å². The first-order chi connectivity index (χ1) is 11.2. The van der Waals surface area contributed by atoms with Gasteiger partial charge in [0.25, 0.3) is 5.91 Å². The van der Waals surface area contributed by atoms with Crippen LogP contribution < -0.4 is 11.1 Å². The lowest BCUT2D eigenvalue weighted by atomic mass is 10.2. The molecule has 1 heterocycles. The molecule has 0 aliphatic carbocycles. The van der Waals surface area contributed by atoms with Crippen LogP contribution in [0.1, 0.15) is 42.5 Å². The van der Waals surface area contributed by atoms with Crippen molar-refractivity contribution in [1.29, 1.82) is 0 Å². The van der Waals surface area contributed by atoms with Gasteiger partial charge in [-0.05, 0) is 43.5 Å². The number of nitrogens with zero attached hydrogens (tertiary/aromatic N) is 2. The van der Waals surface area contributed by atoms with E-state index >= 15 is 0 Å². The van der Waals surface area contributed by atoms with E-state index in [2.05, 4.69) is 31.1 Å². The Morgan fingerprint density at radius 1 is 1.17 bits per heavy atom. The Morgan fingerprint density at radius 3 is 2.42 bits per heavy atom. The van der Waals surface area contributed by atoms with Crippen LogP contribution in [0.3, 0.4) is 0 Å². The van der Waals surface area contributed by atoms with Gasteiger partial charge in [-0.2, -0.15) is 0 Å². The molecule has 1 fully saturated rings. The second kappa shape index (κ2) is 11.7. The Kier molecular flexibility index (Phi) is 10.3. The molecule has 1 aromatic carbocycles. The summed E-state index contributed by atoms with van der Waals surface area (Å²) in [7, 11) is 0. The summed E-state index contributed by atoms with van der Waals surface area (Å²) < 4.78 is 0.965. The van der Waals surface area contributed by atoms with E-state index in [1.54, 1.807) is 12.1 Å². The minimum absolute atomic E-state index is 0. The van der Waals surface area contributed by atoms with Crippen molar-refractivity contribution in [2.45, 2.75) is 32.1 Å². The summed E-state index contributed by atoms with van der Waals surface area (Å²) in [5, 5.41) is 2.90. The molecule has 2 rings (SSSR count). The van der Waals surface area contributed by atoms with Gasteiger partial charge in [-0.15, -0.1) is 24.0 Å². The van der Waals surface area contributed by atoms with Crippen LogP contribution in [0.2, 0.25) is 0 Å². The minimum atomic E-state index is -0.0537. The molecule has 1 aliphatic rings. The predicted octanol–water partition coefficient (Wildman–Crippen LogP) is 3.38. The summed E-state index contributed by atoms with van der Waals surface area (Å²) in [5.41, 5.74) is 6.72. The molecule has 0 bridgehead atoms. The zero-order valence-electron chi connectivity index (χ0n) is 13.8. The van der Waals surface area contributed by atoms with E-state index in [0.29, 0.717) is 24.6 Å². The standard InChI is InChI=1S/C17H25BrN4O.HI/c18-15-8-6-14(7-9-15)16(23)20-10-5-11-21-17(19)22-12-3-1-2-4-13-22;/h6-9H,1-5,10-13H2,(H2,19,21)(H,20,23);1H. The lowest BCUT2D eigenvalue weighted by Gasteiger charge is -2.21. The number of halogens is 2. The number of guanidine groups is 1. The Balaban J connectivity index is 0.00000288. The van der Waals surface area contributed by atoms with Crippen molar-refractivity contribution < 1.29 is 4.79 Å². The van der Waals surface area contributed by atoms with Crippen molar-refractivity contribution in [3.63, 3.8) is 0 Å². The summed E-state index contributed by atoms with van der Waals surface area (Å²) in [6.45, 7) is 3.26. The average molecular weight is 509 g/mol. The summed E-state index contributed by atoms with van der Waals surface area (Å²) in [6, 6.07) is 7.33. The number of likely N-dealkylation sites (tertiary alicyclic amines) is 1. The summed E-state index contributed by atoms with van der Waals surface area (Å²) in [6.07, 6.45) is 5.74. The molecule has 1 saturated heterocycles. The highest BCUT2D eigenvalue weighted by molar-refractivity contribution is 14.0. The average Bonchev–Trinajstić information content (AvgIpc) is 2.84. The maximum Gasteiger partial charge on any atom is 0.251 e. The first-order valence-corrected chi connectivity index (χ1v) is 9.05. The number of hydrogen-bond donors (Lipinski definition) is 2. The molecular formula is C17H26BrIN4O. The quantitative estimate of drug-likeness (QED) is 0.277. The van der Waals surface area contributed by atoms with E-state index in [4.69, 9.17) is 5.73 Å². The van der Waals surface area contributed by atoms with Crippen LogP contribution in [0.15, 0.2) is 33.7 Å². The van der Waals surface area contributed by atoms with E-state index in [-0.39, 0.29) is 29.9 Å². The van der Waals surface area contributed by atoms with Gasteiger partial charge < -0.3 is 16.0 Å². The molecule has 1 amide bonds. The van der Waals surface area contributed by atoms with Crippen molar-refractivity contribution in [1.82, 2.24) is 10.2 Å². The van der Waals surface area contributed by atoms with Crippen LogP contribution in [-0.2, 0) is 0 Å².